The number of furan rings is 1. The monoisotopic (exact) mass is 227 g/mol. The summed E-state index contributed by atoms with van der Waals surface area (Å²) in [4.78, 5) is 4.36. The van der Waals surface area contributed by atoms with E-state index in [0.717, 1.165) is 28.9 Å². The van der Waals surface area contributed by atoms with Crippen LogP contribution in [0.15, 0.2) is 47.3 Å². The summed E-state index contributed by atoms with van der Waals surface area (Å²) in [5.74, 6) is 0.836. The van der Waals surface area contributed by atoms with Crippen LogP contribution in [-0.4, -0.2) is 9.55 Å². The third-order valence-corrected chi connectivity index (χ3v) is 2.89. The first-order valence-electron chi connectivity index (χ1n) is 5.53. The Hall–Kier alpha value is -2.07. The quantitative estimate of drug-likeness (QED) is 0.745. The lowest BCUT2D eigenvalue weighted by molar-refractivity contribution is 0.506. The number of nitrogens with zero attached hydrogens (tertiary/aromatic N) is 2. The van der Waals surface area contributed by atoms with E-state index in [0.29, 0.717) is 6.54 Å². The maximum Gasteiger partial charge on any atom is 0.122 e. The van der Waals surface area contributed by atoms with Crippen LogP contribution in [0.25, 0.3) is 11.0 Å². The van der Waals surface area contributed by atoms with Gasteiger partial charge in [0.05, 0.1) is 36.7 Å². The van der Waals surface area contributed by atoms with Gasteiger partial charge in [-0.15, -0.1) is 0 Å². The van der Waals surface area contributed by atoms with Gasteiger partial charge in [0.2, 0.25) is 0 Å². The first-order chi connectivity index (χ1) is 8.38. The van der Waals surface area contributed by atoms with E-state index in [9.17, 15) is 0 Å². The third-order valence-electron chi connectivity index (χ3n) is 2.89. The summed E-state index contributed by atoms with van der Waals surface area (Å²) >= 11 is 0. The van der Waals surface area contributed by atoms with Gasteiger partial charge in [-0.2, -0.15) is 0 Å². The molecule has 3 rings (SSSR count). The van der Waals surface area contributed by atoms with Gasteiger partial charge in [-0.25, -0.2) is 4.98 Å². The van der Waals surface area contributed by atoms with E-state index in [-0.39, 0.29) is 0 Å². The molecule has 0 atom stereocenters. The molecule has 0 spiro atoms. The van der Waals surface area contributed by atoms with Crippen molar-refractivity contribution in [3.05, 3.63) is 54.2 Å². The largest absolute Gasteiger partial charge is 0.468 e. The molecule has 0 bridgehead atoms. The predicted molar refractivity (Wildman–Crippen MR) is 65.4 cm³/mol. The normalized spacial score (nSPS) is 11.1. The van der Waals surface area contributed by atoms with Gasteiger partial charge < -0.3 is 14.7 Å². The minimum Gasteiger partial charge on any atom is -0.468 e. The average Bonchev–Trinajstić information content (AvgIpc) is 2.97. The Morgan fingerprint density at radius 2 is 2.12 bits per heavy atom. The number of nitrogens with two attached hydrogens (primary N) is 1. The van der Waals surface area contributed by atoms with Crippen molar-refractivity contribution in [2.75, 3.05) is 0 Å². The number of aromatic nitrogens is 2. The molecular formula is C13H13N3O. The molecule has 4 heteroatoms. The van der Waals surface area contributed by atoms with E-state index in [4.69, 9.17) is 10.2 Å². The van der Waals surface area contributed by atoms with E-state index < -0.39 is 0 Å². The smallest absolute Gasteiger partial charge is 0.122 e. The summed E-state index contributed by atoms with van der Waals surface area (Å²) in [6.07, 6.45) is 3.52. The Morgan fingerprint density at radius 3 is 3.00 bits per heavy atom. The number of benzene rings is 1. The molecule has 86 valence electrons. The van der Waals surface area contributed by atoms with E-state index in [1.807, 2.05) is 30.6 Å². The average molecular weight is 227 g/mol. The number of fused-ring (bicyclic) bond motifs is 1. The molecule has 17 heavy (non-hydrogen) atoms. The molecule has 0 amide bonds. The van der Waals surface area contributed by atoms with Crippen LogP contribution in [0, 0.1) is 0 Å². The molecule has 2 aromatic heterocycles. The van der Waals surface area contributed by atoms with Crippen molar-refractivity contribution in [2.45, 2.75) is 13.1 Å². The molecule has 2 heterocycles. The zero-order chi connectivity index (χ0) is 11.7. The Morgan fingerprint density at radius 1 is 1.24 bits per heavy atom. The number of hydrogen-bond donors (Lipinski definition) is 1. The Labute approximate surface area is 98.7 Å². The summed E-state index contributed by atoms with van der Waals surface area (Å²) in [6, 6.07) is 10.0. The highest BCUT2D eigenvalue weighted by atomic mass is 16.3. The molecule has 0 radical (unpaired) electrons. The highest BCUT2D eigenvalue weighted by Crippen LogP contribution is 2.16. The van der Waals surface area contributed by atoms with Gasteiger partial charge in [0.15, 0.2) is 0 Å². The molecule has 2 N–H and O–H groups in total. The number of hydrogen-bond acceptors (Lipinski definition) is 3. The molecule has 0 fully saturated rings. The third kappa shape index (κ3) is 1.72. The number of rotatable bonds is 3. The minimum absolute atomic E-state index is 0.426. The maximum absolute atomic E-state index is 5.62. The summed E-state index contributed by atoms with van der Waals surface area (Å²) in [5.41, 5.74) is 8.85. The molecule has 3 aromatic rings. The lowest BCUT2D eigenvalue weighted by Gasteiger charge is -2.03. The zero-order valence-corrected chi connectivity index (χ0v) is 9.34. The molecule has 0 saturated heterocycles. The molecule has 0 aliphatic heterocycles. The van der Waals surface area contributed by atoms with Crippen LogP contribution >= 0.6 is 0 Å². The first-order valence-corrected chi connectivity index (χ1v) is 5.53. The SMILES string of the molecule is NCc1occc1Cn1cnc2ccccc21. The van der Waals surface area contributed by atoms with Gasteiger partial charge in [0, 0.05) is 5.56 Å². The topological polar surface area (TPSA) is 57.0 Å². The lowest BCUT2D eigenvalue weighted by atomic mass is 10.2. The zero-order valence-electron chi connectivity index (χ0n) is 9.34. The Balaban J connectivity index is 2.00. The van der Waals surface area contributed by atoms with Crippen molar-refractivity contribution >= 4 is 11.0 Å². The highest BCUT2D eigenvalue weighted by molar-refractivity contribution is 5.75. The van der Waals surface area contributed by atoms with Crippen molar-refractivity contribution in [1.82, 2.24) is 9.55 Å². The van der Waals surface area contributed by atoms with Gasteiger partial charge in [-0.05, 0) is 18.2 Å². The van der Waals surface area contributed by atoms with E-state index >= 15 is 0 Å². The van der Waals surface area contributed by atoms with Gasteiger partial charge in [0.1, 0.15) is 5.76 Å². The number of imidazole rings is 1. The molecule has 0 saturated carbocycles. The second-order valence-corrected chi connectivity index (χ2v) is 3.93. The molecule has 1 aromatic carbocycles. The van der Waals surface area contributed by atoms with Gasteiger partial charge in [0.25, 0.3) is 0 Å². The van der Waals surface area contributed by atoms with Gasteiger partial charge in [-0.3, -0.25) is 0 Å². The van der Waals surface area contributed by atoms with E-state index in [1.165, 1.54) is 0 Å². The number of para-hydroxylation sites is 2. The predicted octanol–water partition coefficient (Wildman–Crippen LogP) is 2.14. The molecule has 4 nitrogen and oxygen atoms in total. The summed E-state index contributed by atoms with van der Waals surface area (Å²) in [6.45, 7) is 1.17. The summed E-state index contributed by atoms with van der Waals surface area (Å²) in [5, 5.41) is 0. The molecule has 0 unspecified atom stereocenters. The summed E-state index contributed by atoms with van der Waals surface area (Å²) < 4.78 is 7.41. The van der Waals surface area contributed by atoms with Crippen molar-refractivity contribution < 1.29 is 4.42 Å². The van der Waals surface area contributed by atoms with E-state index in [1.54, 1.807) is 6.26 Å². The van der Waals surface area contributed by atoms with Crippen LogP contribution in [0.4, 0.5) is 0 Å². The summed E-state index contributed by atoms with van der Waals surface area (Å²) in [7, 11) is 0. The molecule has 0 aliphatic carbocycles. The molecule has 0 aliphatic rings. The van der Waals surface area contributed by atoms with Crippen molar-refractivity contribution in [3.8, 4) is 0 Å². The lowest BCUT2D eigenvalue weighted by Crippen LogP contribution is -2.03. The highest BCUT2D eigenvalue weighted by Gasteiger charge is 2.07. The second kappa shape index (κ2) is 4.07. The molecular weight excluding hydrogens is 214 g/mol. The van der Waals surface area contributed by atoms with Crippen molar-refractivity contribution in [2.24, 2.45) is 5.73 Å². The maximum atomic E-state index is 5.62. The fourth-order valence-corrected chi connectivity index (χ4v) is 2.01. The van der Waals surface area contributed by atoms with Crippen LogP contribution in [0.2, 0.25) is 0 Å². The second-order valence-electron chi connectivity index (χ2n) is 3.93. The van der Waals surface area contributed by atoms with Crippen LogP contribution < -0.4 is 5.73 Å². The van der Waals surface area contributed by atoms with Crippen LogP contribution in [0.5, 0.6) is 0 Å². The van der Waals surface area contributed by atoms with Crippen LogP contribution in [0.1, 0.15) is 11.3 Å². The first kappa shape index (κ1) is 10.1. The minimum atomic E-state index is 0.426. The van der Waals surface area contributed by atoms with Crippen LogP contribution in [0.3, 0.4) is 0 Å². The van der Waals surface area contributed by atoms with Gasteiger partial charge in [-0.1, -0.05) is 12.1 Å². The fraction of sp³-hybridized carbons (Fsp3) is 0.154. The van der Waals surface area contributed by atoms with Crippen molar-refractivity contribution in [3.63, 3.8) is 0 Å². The van der Waals surface area contributed by atoms with Crippen LogP contribution in [-0.2, 0) is 13.1 Å². The Bertz CT molecular complexity index is 639. The van der Waals surface area contributed by atoms with Crippen molar-refractivity contribution in [1.29, 1.82) is 0 Å². The Kier molecular flexibility index (Phi) is 2.42. The fourth-order valence-electron chi connectivity index (χ4n) is 2.01. The van der Waals surface area contributed by atoms with Gasteiger partial charge >= 0.3 is 0 Å². The van der Waals surface area contributed by atoms with E-state index in [2.05, 4.69) is 15.6 Å². The standard InChI is InChI=1S/C13H13N3O/c14-7-13-10(5-6-17-13)8-16-9-15-11-3-1-2-4-12(11)16/h1-6,9H,7-8,14H2.